The molecule has 0 saturated heterocycles. The molecule has 2 aliphatic heterocycles. The van der Waals surface area contributed by atoms with Crippen LogP contribution < -0.4 is 15.5 Å². The zero-order chi connectivity index (χ0) is 20.5. The van der Waals surface area contributed by atoms with Gasteiger partial charge in [0.15, 0.2) is 0 Å². The average molecular weight is 426 g/mol. The first-order valence-electron chi connectivity index (χ1n) is 9.72. The third-order valence-electron chi connectivity index (χ3n) is 5.39. The number of nitrogens with one attached hydrogen (secondary N) is 2. The van der Waals surface area contributed by atoms with Crippen molar-refractivity contribution in [1.29, 1.82) is 0 Å². The van der Waals surface area contributed by atoms with Crippen LogP contribution in [0.1, 0.15) is 48.6 Å². The summed E-state index contributed by atoms with van der Waals surface area (Å²) in [5.74, 6) is -1.00. The van der Waals surface area contributed by atoms with E-state index in [-0.39, 0.29) is 29.8 Å². The van der Waals surface area contributed by atoms with Crippen molar-refractivity contribution in [3.8, 4) is 0 Å². The first kappa shape index (κ1) is 21.7. The molecule has 2 aliphatic rings. The first-order valence-corrected chi connectivity index (χ1v) is 9.72. The highest BCUT2D eigenvalue weighted by molar-refractivity contribution is 6.35. The number of amides is 3. The van der Waals surface area contributed by atoms with Crippen LogP contribution in [-0.2, 0) is 0 Å². The summed E-state index contributed by atoms with van der Waals surface area (Å²) in [4.78, 5) is 39.6. The molecule has 6 nitrogen and oxygen atoms in total. The molecular formula is C23H24ClN3O3. The predicted molar refractivity (Wildman–Crippen MR) is 119 cm³/mol. The van der Waals surface area contributed by atoms with E-state index in [0.717, 1.165) is 30.6 Å². The van der Waals surface area contributed by atoms with E-state index in [0.29, 0.717) is 23.4 Å². The van der Waals surface area contributed by atoms with Gasteiger partial charge in [0.05, 0.1) is 16.8 Å². The minimum atomic E-state index is -0.394. The van der Waals surface area contributed by atoms with Gasteiger partial charge in [-0.05, 0) is 62.2 Å². The first-order chi connectivity index (χ1) is 14.0. The lowest BCUT2D eigenvalue weighted by molar-refractivity contribution is 0.0923. The topological polar surface area (TPSA) is 78.5 Å². The number of hydrogen-bond donors (Lipinski definition) is 2. The van der Waals surface area contributed by atoms with Gasteiger partial charge in [-0.15, -0.1) is 12.4 Å². The van der Waals surface area contributed by atoms with E-state index >= 15 is 0 Å². The molecule has 0 spiro atoms. The van der Waals surface area contributed by atoms with Crippen LogP contribution in [0.25, 0.3) is 0 Å². The molecule has 0 aromatic heterocycles. The molecule has 0 unspecified atom stereocenters. The maximum absolute atomic E-state index is 13.0. The van der Waals surface area contributed by atoms with Crippen LogP contribution in [-0.4, -0.2) is 37.4 Å². The molecule has 2 aromatic carbocycles. The lowest BCUT2D eigenvalue weighted by Gasteiger charge is -2.17. The molecular weight excluding hydrogens is 402 g/mol. The number of hydrogen-bond acceptors (Lipinski definition) is 4. The van der Waals surface area contributed by atoms with Gasteiger partial charge in [-0.3, -0.25) is 14.4 Å². The molecule has 0 atom stereocenters. The van der Waals surface area contributed by atoms with Gasteiger partial charge in [-0.2, -0.15) is 0 Å². The number of fused-ring (bicyclic) bond motifs is 1. The van der Waals surface area contributed by atoms with Gasteiger partial charge < -0.3 is 10.6 Å². The van der Waals surface area contributed by atoms with Gasteiger partial charge in [0.1, 0.15) is 0 Å². The zero-order valence-corrected chi connectivity index (χ0v) is 17.8. The van der Waals surface area contributed by atoms with Crippen LogP contribution >= 0.6 is 12.4 Å². The van der Waals surface area contributed by atoms with Crippen molar-refractivity contribution in [1.82, 2.24) is 10.6 Å². The quantitative estimate of drug-likeness (QED) is 0.582. The Balaban J connectivity index is 0.00000256. The standard InChI is InChI=1S/C23H23N3O3.ClH/c1-14-3-4-15(2)20(11-14)26-22(28)18-6-5-17(12-19(18)23(26)29)21(27)25-13-16-7-9-24-10-8-16;/h3-7,11-12,24H,8-10,13H2,1-2H3,(H,25,27);1H. The Labute approximate surface area is 181 Å². The summed E-state index contributed by atoms with van der Waals surface area (Å²) in [5, 5.41) is 6.13. The minimum Gasteiger partial charge on any atom is -0.348 e. The molecule has 0 saturated carbocycles. The summed E-state index contributed by atoms with van der Waals surface area (Å²) < 4.78 is 0. The van der Waals surface area contributed by atoms with E-state index in [9.17, 15) is 14.4 Å². The number of benzene rings is 2. The molecule has 0 aliphatic carbocycles. The summed E-state index contributed by atoms with van der Waals surface area (Å²) in [7, 11) is 0. The SMILES string of the molecule is Cc1ccc(C)c(N2C(=O)c3ccc(C(=O)NCC4=CCNCC4)cc3C2=O)c1.Cl. The normalized spacial score (nSPS) is 15.4. The Morgan fingerprint density at radius 1 is 1.07 bits per heavy atom. The number of aryl methyl sites for hydroxylation is 2. The maximum atomic E-state index is 13.0. The molecule has 0 bridgehead atoms. The van der Waals surface area contributed by atoms with E-state index in [2.05, 4.69) is 16.7 Å². The maximum Gasteiger partial charge on any atom is 0.266 e. The van der Waals surface area contributed by atoms with Crippen LogP contribution in [0.5, 0.6) is 0 Å². The van der Waals surface area contributed by atoms with Gasteiger partial charge in [-0.1, -0.05) is 23.8 Å². The molecule has 7 heteroatoms. The molecule has 2 heterocycles. The highest BCUT2D eigenvalue weighted by Gasteiger charge is 2.37. The molecule has 3 amide bonds. The van der Waals surface area contributed by atoms with Crippen LogP contribution in [0.15, 0.2) is 48.0 Å². The number of carbonyl (C=O) groups is 3. The van der Waals surface area contributed by atoms with Crippen molar-refractivity contribution < 1.29 is 14.4 Å². The average Bonchev–Trinajstić information content (AvgIpc) is 2.98. The second-order valence-electron chi connectivity index (χ2n) is 7.50. The molecule has 0 radical (unpaired) electrons. The Morgan fingerprint density at radius 2 is 1.83 bits per heavy atom. The van der Waals surface area contributed by atoms with Crippen LogP contribution in [0.4, 0.5) is 5.69 Å². The molecule has 4 rings (SSSR count). The number of imide groups is 1. The van der Waals surface area contributed by atoms with E-state index in [1.807, 2.05) is 32.0 Å². The van der Waals surface area contributed by atoms with Crippen LogP contribution in [0.3, 0.4) is 0 Å². The van der Waals surface area contributed by atoms with Gasteiger partial charge in [0.25, 0.3) is 17.7 Å². The fourth-order valence-corrected chi connectivity index (χ4v) is 3.69. The lowest BCUT2D eigenvalue weighted by atomic mass is 10.0. The number of rotatable bonds is 4. The second kappa shape index (κ2) is 8.81. The van der Waals surface area contributed by atoms with Crippen LogP contribution in [0.2, 0.25) is 0 Å². The highest BCUT2D eigenvalue weighted by Crippen LogP contribution is 2.31. The highest BCUT2D eigenvalue weighted by atomic mass is 35.5. The Hall–Kier alpha value is -2.96. The summed E-state index contributed by atoms with van der Waals surface area (Å²) in [6.45, 7) is 5.99. The summed E-state index contributed by atoms with van der Waals surface area (Å²) in [6.07, 6.45) is 2.99. The number of halogens is 1. The fourth-order valence-electron chi connectivity index (χ4n) is 3.69. The number of carbonyl (C=O) groups excluding carboxylic acids is 3. The molecule has 2 N–H and O–H groups in total. The molecule has 0 fully saturated rings. The van der Waals surface area contributed by atoms with Crippen LogP contribution in [0, 0.1) is 13.8 Å². The smallest absolute Gasteiger partial charge is 0.266 e. The largest absolute Gasteiger partial charge is 0.348 e. The Bertz CT molecular complexity index is 1060. The molecule has 156 valence electrons. The fraction of sp³-hybridized carbons (Fsp3) is 0.261. The van der Waals surface area contributed by atoms with E-state index in [1.54, 1.807) is 12.1 Å². The van der Waals surface area contributed by atoms with Crippen molar-refractivity contribution >= 4 is 35.8 Å². The third-order valence-corrected chi connectivity index (χ3v) is 5.39. The Kier molecular flexibility index (Phi) is 6.39. The summed E-state index contributed by atoms with van der Waals surface area (Å²) in [5.41, 5.74) is 4.55. The van der Waals surface area contributed by atoms with Crippen molar-refractivity contribution in [3.05, 3.63) is 75.9 Å². The van der Waals surface area contributed by atoms with Gasteiger partial charge >= 0.3 is 0 Å². The minimum absolute atomic E-state index is 0. The van der Waals surface area contributed by atoms with Crippen molar-refractivity contribution in [3.63, 3.8) is 0 Å². The lowest BCUT2D eigenvalue weighted by Crippen LogP contribution is -2.30. The Morgan fingerprint density at radius 3 is 2.57 bits per heavy atom. The summed E-state index contributed by atoms with van der Waals surface area (Å²) >= 11 is 0. The van der Waals surface area contributed by atoms with E-state index < -0.39 is 5.91 Å². The van der Waals surface area contributed by atoms with E-state index in [4.69, 9.17) is 0 Å². The summed E-state index contributed by atoms with van der Waals surface area (Å²) in [6, 6.07) is 10.4. The van der Waals surface area contributed by atoms with Crippen molar-refractivity contribution in [2.45, 2.75) is 20.3 Å². The van der Waals surface area contributed by atoms with Gasteiger partial charge in [-0.25, -0.2) is 4.90 Å². The third kappa shape index (κ3) is 4.01. The molecule has 2 aromatic rings. The van der Waals surface area contributed by atoms with Gasteiger partial charge in [0, 0.05) is 18.7 Å². The molecule has 30 heavy (non-hydrogen) atoms. The predicted octanol–water partition coefficient (Wildman–Crippen LogP) is 3.18. The van der Waals surface area contributed by atoms with Crippen molar-refractivity contribution in [2.24, 2.45) is 0 Å². The van der Waals surface area contributed by atoms with E-state index in [1.165, 1.54) is 16.5 Å². The number of nitrogens with zero attached hydrogens (tertiary/aromatic N) is 1. The van der Waals surface area contributed by atoms with Crippen molar-refractivity contribution in [2.75, 3.05) is 24.5 Å². The zero-order valence-electron chi connectivity index (χ0n) is 17.0. The monoisotopic (exact) mass is 425 g/mol. The second-order valence-corrected chi connectivity index (χ2v) is 7.50. The van der Waals surface area contributed by atoms with Gasteiger partial charge in [0.2, 0.25) is 0 Å². The number of anilines is 1.